The second kappa shape index (κ2) is 6.10. The van der Waals surface area contributed by atoms with Crippen LogP contribution in [0.25, 0.3) is 0 Å². The molecule has 1 heterocycles. The summed E-state index contributed by atoms with van der Waals surface area (Å²) in [5.41, 5.74) is 1.02. The number of hydrogen-bond donors (Lipinski definition) is 0. The topological polar surface area (TPSA) is 29.5 Å². The van der Waals surface area contributed by atoms with Crippen molar-refractivity contribution in [1.29, 1.82) is 0 Å². The molecule has 0 unspecified atom stereocenters. The minimum Gasteiger partial charge on any atom is -0.493 e. The first-order valence-electron chi connectivity index (χ1n) is 6.33. The number of carbonyl (C=O) groups excluding carboxylic acids is 1. The minimum absolute atomic E-state index is 0.248. The van der Waals surface area contributed by atoms with E-state index in [1.807, 2.05) is 30.0 Å². The van der Waals surface area contributed by atoms with E-state index in [1.54, 1.807) is 0 Å². The van der Waals surface area contributed by atoms with Gasteiger partial charge >= 0.3 is 0 Å². The fraction of sp³-hybridized carbons (Fsp3) is 0.500. The van der Waals surface area contributed by atoms with Crippen LogP contribution in [0.2, 0.25) is 5.02 Å². The highest BCUT2D eigenvalue weighted by Gasteiger charge is 2.19. The maximum atomic E-state index is 11.6. The molecule has 2 rings (SSSR count). The van der Waals surface area contributed by atoms with Gasteiger partial charge in [-0.1, -0.05) is 11.6 Å². The van der Waals surface area contributed by atoms with Gasteiger partial charge in [0, 0.05) is 24.5 Å². The van der Waals surface area contributed by atoms with E-state index in [1.165, 1.54) is 0 Å². The zero-order valence-corrected chi connectivity index (χ0v) is 11.4. The second-order valence-corrected chi connectivity index (χ2v) is 5.03. The number of carbonyl (C=O) groups is 1. The van der Waals surface area contributed by atoms with Crippen LogP contribution in [0, 0.1) is 6.92 Å². The number of hydrogen-bond acceptors (Lipinski definition) is 2. The number of aryl methyl sites for hydroxylation is 1. The molecule has 0 spiro atoms. The van der Waals surface area contributed by atoms with Crippen LogP contribution in [0.5, 0.6) is 5.75 Å². The van der Waals surface area contributed by atoms with Gasteiger partial charge in [0.2, 0.25) is 5.91 Å². The summed E-state index contributed by atoms with van der Waals surface area (Å²) in [5.74, 6) is 1.09. The van der Waals surface area contributed by atoms with Crippen molar-refractivity contribution in [2.45, 2.75) is 26.2 Å². The molecule has 0 bridgehead atoms. The largest absolute Gasteiger partial charge is 0.493 e. The Balaban J connectivity index is 1.70. The molecule has 98 valence electrons. The average Bonchev–Trinajstić information content (AvgIpc) is 2.24. The molecule has 18 heavy (non-hydrogen) atoms. The number of benzene rings is 1. The average molecular weight is 268 g/mol. The molecule has 0 N–H and O–H groups in total. The van der Waals surface area contributed by atoms with Crippen LogP contribution in [-0.2, 0) is 4.79 Å². The van der Waals surface area contributed by atoms with E-state index in [2.05, 4.69) is 0 Å². The molecular formula is C14H18ClNO2. The van der Waals surface area contributed by atoms with Crippen LogP contribution >= 0.6 is 11.6 Å². The summed E-state index contributed by atoms with van der Waals surface area (Å²) in [5, 5.41) is 0.716. The van der Waals surface area contributed by atoms with Gasteiger partial charge in [0.1, 0.15) is 5.75 Å². The molecule has 1 saturated heterocycles. The van der Waals surface area contributed by atoms with E-state index in [0.29, 0.717) is 18.1 Å². The SMILES string of the molecule is Cc1cc(Cl)ccc1OCCCC(=O)N1CCC1. The maximum Gasteiger partial charge on any atom is 0.222 e. The van der Waals surface area contributed by atoms with Gasteiger partial charge in [-0.05, 0) is 43.5 Å². The van der Waals surface area contributed by atoms with E-state index in [-0.39, 0.29) is 5.91 Å². The molecule has 1 fully saturated rings. The molecule has 0 radical (unpaired) electrons. The fourth-order valence-electron chi connectivity index (χ4n) is 1.90. The Labute approximate surface area is 113 Å². The lowest BCUT2D eigenvalue weighted by Crippen LogP contribution is -2.42. The fourth-order valence-corrected chi connectivity index (χ4v) is 2.13. The lowest BCUT2D eigenvalue weighted by atomic mass is 10.2. The van der Waals surface area contributed by atoms with E-state index in [0.717, 1.165) is 37.2 Å². The van der Waals surface area contributed by atoms with Crippen LogP contribution in [0.15, 0.2) is 18.2 Å². The van der Waals surface area contributed by atoms with Crippen LogP contribution in [0.3, 0.4) is 0 Å². The zero-order chi connectivity index (χ0) is 13.0. The van der Waals surface area contributed by atoms with Crippen molar-refractivity contribution in [2.24, 2.45) is 0 Å². The highest BCUT2D eigenvalue weighted by Crippen LogP contribution is 2.22. The van der Waals surface area contributed by atoms with Gasteiger partial charge in [-0.15, -0.1) is 0 Å². The molecule has 0 aromatic heterocycles. The van der Waals surface area contributed by atoms with Gasteiger partial charge in [0.15, 0.2) is 0 Å². The van der Waals surface area contributed by atoms with Gasteiger partial charge in [0.25, 0.3) is 0 Å². The monoisotopic (exact) mass is 267 g/mol. The van der Waals surface area contributed by atoms with Crippen LogP contribution in [0.4, 0.5) is 0 Å². The molecular weight excluding hydrogens is 250 g/mol. The van der Waals surface area contributed by atoms with Crippen LogP contribution < -0.4 is 4.74 Å². The Morgan fingerprint density at radius 2 is 2.22 bits per heavy atom. The highest BCUT2D eigenvalue weighted by molar-refractivity contribution is 6.30. The number of halogens is 1. The first-order valence-corrected chi connectivity index (χ1v) is 6.71. The smallest absolute Gasteiger partial charge is 0.222 e. The van der Waals surface area contributed by atoms with Crippen molar-refractivity contribution in [3.63, 3.8) is 0 Å². The van der Waals surface area contributed by atoms with Gasteiger partial charge in [-0.2, -0.15) is 0 Å². The molecule has 0 atom stereocenters. The third kappa shape index (κ3) is 3.39. The van der Waals surface area contributed by atoms with Gasteiger partial charge in [-0.3, -0.25) is 4.79 Å². The van der Waals surface area contributed by atoms with Crippen molar-refractivity contribution in [3.05, 3.63) is 28.8 Å². The Morgan fingerprint density at radius 3 is 2.83 bits per heavy atom. The Kier molecular flexibility index (Phi) is 4.48. The molecule has 1 amide bonds. The molecule has 3 nitrogen and oxygen atoms in total. The summed E-state index contributed by atoms with van der Waals surface area (Å²) in [6.07, 6.45) is 2.48. The van der Waals surface area contributed by atoms with E-state index < -0.39 is 0 Å². The van der Waals surface area contributed by atoms with E-state index >= 15 is 0 Å². The van der Waals surface area contributed by atoms with Crippen LogP contribution in [-0.4, -0.2) is 30.5 Å². The predicted molar refractivity (Wildman–Crippen MR) is 72.1 cm³/mol. The Bertz CT molecular complexity index is 430. The standard InChI is InChI=1S/C14H18ClNO2/c1-11-10-12(15)5-6-13(11)18-9-2-4-14(17)16-7-3-8-16/h5-6,10H,2-4,7-9H2,1H3. The second-order valence-electron chi connectivity index (χ2n) is 4.60. The van der Waals surface area contributed by atoms with Crippen molar-refractivity contribution in [3.8, 4) is 5.75 Å². The Hall–Kier alpha value is -1.22. The van der Waals surface area contributed by atoms with Gasteiger partial charge in [-0.25, -0.2) is 0 Å². The van der Waals surface area contributed by atoms with Crippen molar-refractivity contribution in [1.82, 2.24) is 4.90 Å². The number of likely N-dealkylation sites (tertiary alicyclic amines) is 1. The summed E-state index contributed by atoms with van der Waals surface area (Å²) in [4.78, 5) is 13.5. The summed E-state index contributed by atoms with van der Waals surface area (Å²) in [6.45, 7) is 4.39. The molecule has 0 aliphatic carbocycles. The molecule has 1 aliphatic rings. The molecule has 1 aromatic carbocycles. The number of amides is 1. The predicted octanol–water partition coefficient (Wildman–Crippen LogP) is 3.04. The zero-order valence-electron chi connectivity index (χ0n) is 10.6. The van der Waals surface area contributed by atoms with Gasteiger partial charge < -0.3 is 9.64 Å². The number of nitrogens with zero attached hydrogens (tertiary/aromatic N) is 1. The molecule has 0 saturated carbocycles. The Morgan fingerprint density at radius 1 is 1.44 bits per heavy atom. The first kappa shape index (κ1) is 13.2. The summed E-state index contributed by atoms with van der Waals surface area (Å²) in [7, 11) is 0. The van der Waals surface area contributed by atoms with E-state index in [4.69, 9.17) is 16.3 Å². The third-order valence-electron chi connectivity index (χ3n) is 3.14. The van der Waals surface area contributed by atoms with Crippen LogP contribution in [0.1, 0.15) is 24.8 Å². The highest BCUT2D eigenvalue weighted by atomic mass is 35.5. The molecule has 1 aromatic rings. The molecule has 1 aliphatic heterocycles. The van der Waals surface area contributed by atoms with E-state index in [9.17, 15) is 4.79 Å². The number of ether oxygens (including phenoxy) is 1. The third-order valence-corrected chi connectivity index (χ3v) is 3.37. The normalized spacial score (nSPS) is 14.2. The first-order chi connectivity index (χ1) is 8.66. The summed E-state index contributed by atoms with van der Waals surface area (Å²) >= 11 is 5.87. The molecule has 4 heteroatoms. The summed E-state index contributed by atoms with van der Waals surface area (Å²) < 4.78 is 5.64. The lowest BCUT2D eigenvalue weighted by molar-refractivity contribution is -0.134. The summed E-state index contributed by atoms with van der Waals surface area (Å²) in [6, 6.07) is 5.56. The quantitative estimate of drug-likeness (QED) is 0.768. The van der Waals surface area contributed by atoms with Gasteiger partial charge in [0.05, 0.1) is 6.61 Å². The maximum absolute atomic E-state index is 11.6. The van der Waals surface area contributed by atoms with Crippen molar-refractivity contribution in [2.75, 3.05) is 19.7 Å². The minimum atomic E-state index is 0.248. The number of rotatable bonds is 5. The van der Waals surface area contributed by atoms with Crippen molar-refractivity contribution >= 4 is 17.5 Å². The van der Waals surface area contributed by atoms with Crippen molar-refractivity contribution < 1.29 is 9.53 Å². The lowest BCUT2D eigenvalue weighted by Gasteiger charge is -2.30.